The van der Waals surface area contributed by atoms with E-state index in [1.54, 1.807) is 0 Å². The second-order valence-electron chi connectivity index (χ2n) is 7.58. The van der Waals surface area contributed by atoms with E-state index in [4.69, 9.17) is 10.9 Å². The van der Waals surface area contributed by atoms with Crippen LogP contribution in [0.15, 0.2) is 5.16 Å². The van der Waals surface area contributed by atoms with Crippen molar-refractivity contribution < 1.29 is 10.0 Å². The van der Waals surface area contributed by atoms with E-state index in [2.05, 4.69) is 25.9 Å². The summed E-state index contributed by atoms with van der Waals surface area (Å²) in [6, 6.07) is 0.523. The lowest BCUT2D eigenvalue weighted by Crippen LogP contribution is -2.14. The van der Waals surface area contributed by atoms with Gasteiger partial charge in [-0.2, -0.15) is 0 Å². The first-order valence-electron chi connectivity index (χ1n) is 8.87. The van der Waals surface area contributed by atoms with Crippen LogP contribution in [0.4, 0.5) is 0 Å². The summed E-state index contributed by atoms with van der Waals surface area (Å²) in [5.74, 6) is 2.76. The fourth-order valence-corrected chi connectivity index (χ4v) is 3.36. The Balaban J connectivity index is 0.000000166. The van der Waals surface area contributed by atoms with Crippen LogP contribution in [0.2, 0.25) is 0 Å². The first-order valence-corrected chi connectivity index (χ1v) is 8.87. The topological polar surface area (TPSA) is 75.7 Å². The molecule has 0 spiro atoms. The van der Waals surface area contributed by atoms with Crippen LogP contribution in [-0.4, -0.2) is 22.7 Å². The normalized spacial score (nSPS) is 35.8. The van der Waals surface area contributed by atoms with Gasteiger partial charge in [-0.05, 0) is 62.7 Å². The molecule has 0 saturated heterocycles. The quantitative estimate of drug-likeness (QED) is 0.521. The maximum Gasteiger partial charge on any atom is 0.133 e. The number of nitrogens with zero attached hydrogens (tertiary/aromatic N) is 1. The molecule has 22 heavy (non-hydrogen) atoms. The predicted octanol–water partition coefficient (Wildman–Crippen LogP) is 4.15. The maximum absolute atomic E-state index is 10.5. The largest absolute Gasteiger partial charge is 0.411 e. The van der Waals surface area contributed by atoms with Gasteiger partial charge >= 0.3 is 0 Å². The third-order valence-electron chi connectivity index (χ3n) is 4.88. The van der Waals surface area contributed by atoms with Crippen molar-refractivity contribution in [3.63, 3.8) is 0 Å². The van der Waals surface area contributed by atoms with Gasteiger partial charge in [-0.25, -0.2) is 0 Å². The van der Waals surface area contributed by atoms with Crippen LogP contribution in [0.25, 0.3) is 0 Å². The molecule has 4 heteroatoms. The molecule has 3 rings (SSSR count). The van der Waals surface area contributed by atoms with Gasteiger partial charge in [0.2, 0.25) is 0 Å². The Hall–Kier alpha value is -0.900. The molecule has 3 aliphatic carbocycles. The molecule has 0 heterocycles. The number of nitrogens with two attached hydrogens (primary N) is 1. The van der Waals surface area contributed by atoms with Gasteiger partial charge < -0.3 is 10.9 Å². The molecule has 3 saturated carbocycles. The summed E-state index contributed by atoms with van der Waals surface area (Å²) < 4.78 is 0. The van der Waals surface area contributed by atoms with Crippen molar-refractivity contribution in [2.45, 2.75) is 84.6 Å². The molecule has 3 fully saturated rings. The maximum atomic E-state index is 10.5. The number of oxime groups is 1. The van der Waals surface area contributed by atoms with Crippen LogP contribution in [0.5, 0.6) is 0 Å². The molecular formula is C18H34N2O2. The summed E-state index contributed by atoms with van der Waals surface area (Å²) >= 11 is 0. The van der Waals surface area contributed by atoms with E-state index in [0.29, 0.717) is 17.7 Å². The second kappa shape index (κ2) is 9.98. The summed E-state index contributed by atoms with van der Waals surface area (Å²) in [7, 11) is 0. The number of hydrogen-bond acceptors (Lipinski definition) is 4. The third kappa shape index (κ3) is 7.92. The summed E-state index contributed by atoms with van der Waals surface area (Å²) in [4.78, 5) is 10.5. The minimum atomic E-state index is 0.451. The molecule has 128 valence electrons. The van der Waals surface area contributed by atoms with Gasteiger partial charge in [0.15, 0.2) is 0 Å². The summed E-state index contributed by atoms with van der Waals surface area (Å²) in [5, 5.41) is 11.4. The number of carbonyl (C=O) groups excluding carboxylic acids is 1. The van der Waals surface area contributed by atoms with E-state index >= 15 is 0 Å². The molecule has 3 aliphatic rings. The minimum Gasteiger partial charge on any atom is -0.411 e. The standard InChI is InChI=1S/C6H11NO.C6H13N.C6H10O/c1-5-2-3-6(4-5)7-8;2*1-5-2-3-6(7)4-5/h5,8H,2-4H2,1H3;5-6H,2-4,7H2,1H3;5H,2-4H2,1H3/b7-6+;;. The van der Waals surface area contributed by atoms with Crippen LogP contribution >= 0.6 is 0 Å². The molecule has 3 N–H and O–H groups in total. The molecule has 0 aliphatic heterocycles. The minimum absolute atomic E-state index is 0.451. The van der Waals surface area contributed by atoms with E-state index in [1.165, 1.54) is 25.7 Å². The highest BCUT2D eigenvalue weighted by molar-refractivity contribution is 5.85. The lowest BCUT2D eigenvalue weighted by molar-refractivity contribution is -0.117. The fourth-order valence-electron chi connectivity index (χ4n) is 3.36. The van der Waals surface area contributed by atoms with Crippen LogP contribution in [0, 0.1) is 17.8 Å². The average molecular weight is 310 g/mol. The molecule has 4 nitrogen and oxygen atoms in total. The molecule has 0 amide bonds. The summed E-state index contributed by atoms with van der Waals surface area (Å²) in [5.41, 5.74) is 6.60. The highest BCUT2D eigenvalue weighted by Gasteiger charge is 2.17. The lowest BCUT2D eigenvalue weighted by Gasteiger charge is -1.97. The average Bonchev–Trinajstić information content (AvgIpc) is 3.15. The van der Waals surface area contributed by atoms with Gasteiger partial charge in [0, 0.05) is 18.9 Å². The fraction of sp³-hybridized carbons (Fsp3) is 0.889. The molecular weight excluding hydrogens is 276 g/mol. The Kier molecular flexibility index (Phi) is 8.69. The van der Waals surface area contributed by atoms with E-state index in [-0.39, 0.29) is 0 Å². The van der Waals surface area contributed by atoms with Crippen LogP contribution in [0.3, 0.4) is 0 Å². The summed E-state index contributed by atoms with van der Waals surface area (Å²) in [6.45, 7) is 6.58. The molecule has 0 aromatic heterocycles. The van der Waals surface area contributed by atoms with Gasteiger partial charge in [-0.3, -0.25) is 4.79 Å². The zero-order chi connectivity index (χ0) is 16.5. The van der Waals surface area contributed by atoms with Gasteiger partial charge in [0.1, 0.15) is 5.78 Å². The van der Waals surface area contributed by atoms with Gasteiger partial charge in [0.05, 0.1) is 5.71 Å². The molecule has 0 radical (unpaired) electrons. The van der Waals surface area contributed by atoms with Crippen molar-refractivity contribution >= 4 is 11.5 Å². The molecule has 0 aromatic carbocycles. The first kappa shape index (κ1) is 19.1. The van der Waals surface area contributed by atoms with Gasteiger partial charge in [-0.1, -0.05) is 25.9 Å². The number of rotatable bonds is 0. The Labute approximate surface area is 135 Å². The highest BCUT2D eigenvalue weighted by atomic mass is 16.4. The van der Waals surface area contributed by atoms with Gasteiger partial charge in [-0.15, -0.1) is 0 Å². The number of Topliss-reactive ketones (excluding diaryl/α,β-unsaturated/α-hetero) is 1. The second-order valence-corrected chi connectivity index (χ2v) is 7.58. The zero-order valence-electron chi connectivity index (χ0n) is 14.6. The van der Waals surface area contributed by atoms with Crippen molar-refractivity contribution in [3.05, 3.63) is 0 Å². The Morgan fingerprint density at radius 1 is 0.955 bits per heavy atom. The van der Waals surface area contributed by atoms with Crippen LogP contribution in [0.1, 0.15) is 78.6 Å². The summed E-state index contributed by atoms with van der Waals surface area (Å²) in [6.07, 6.45) is 9.83. The highest BCUT2D eigenvalue weighted by Crippen LogP contribution is 2.22. The Morgan fingerprint density at radius 2 is 1.59 bits per heavy atom. The van der Waals surface area contributed by atoms with E-state index in [9.17, 15) is 4.79 Å². The molecule has 0 bridgehead atoms. The number of hydrogen-bond donors (Lipinski definition) is 2. The lowest BCUT2D eigenvalue weighted by atomic mass is 10.1. The predicted molar refractivity (Wildman–Crippen MR) is 91.2 cm³/mol. The van der Waals surface area contributed by atoms with Crippen molar-refractivity contribution in [1.29, 1.82) is 0 Å². The van der Waals surface area contributed by atoms with Gasteiger partial charge in [0.25, 0.3) is 0 Å². The van der Waals surface area contributed by atoms with E-state index < -0.39 is 0 Å². The van der Waals surface area contributed by atoms with Crippen LogP contribution in [-0.2, 0) is 4.79 Å². The van der Waals surface area contributed by atoms with Crippen molar-refractivity contribution in [2.75, 3.05) is 0 Å². The Bertz CT molecular complexity index is 360. The van der Waals surface area contributed by atoms with Crippen LogP contribution < -0.4 is 5.73 Å². The monoisotopic (exact) mass is 310 g/mol. The van der Waals surface area contributed by atoms with Crippen molar-refractivity contribution in [3.8, 4) is 0 Å². The SMILES string of the molecule is CC1CC/C(=N\O)C1.CC1CCC(=O)C1.CC1CCC(N)C1. The van der Waals surface area contributed by atoms with Crippen molar-refractivity contribution in [1.82, 2.24) is 0 Å². The third-order valence-corrected chi connectivity index (χ3v) is 4.88. The molecule has 4 unspecified atom stereocenters. The van der Waals surface area contributed by atoms with Crippen molar-refractivity contribution in [2.24, 2.45) is 28.6 Å². The number of ketones is 1. The first-order chi connectivity index (χ1) is 10.4. The number of carbonyl (C=O) groups is 1. The zero-order valence-corrected chi connectivity index (χ0v) is 14.6. The Morgan fingerprint density at radius 3 is 1.77 bits per heavy atom. The molecule has 4 atom stereocenters. The smallest absolute Gasteiger partial charge is 0.133 e. The molecule has 0 aromatic rings. The van der Waals surface area contributed by atoms with E-state index in [1.807, 2.05) is 0 Å². The van der Waals surface area contributed by atoms with E-state index in [0.717, 1.165) is 49.7 Å².